The van der Waals surface area contributed by atoms with Crippen LogP contribution in [0.3, 0.4) is 0 Å². The molecule has 0 spiro atoms. The molecule has 1 atom stereocenters. The van der Waals surface area contributed by atoms with Crippen molar-refractivity contribution in [2.45, 2.75) is 44.3 Å². The van der Waals surface area contributed by atoms with Gasteiger partial charge in [0.2, 0.25) is 5.91 Å². The van der Waals surface area contributed by atoms with Crippen molar-refractivity contribution in [1.82, 2.24) is 25.1 Å². The Morgan fingerprint density at radius 3 is 2.70 bits per heavy atom. The van der Waals surface area contributed by atoms with Gasteiger partial charge in [-0.1, -0.05) is 55.9 Å². The van der Waals surface area contributed by atoms with Crippen molar-refractivity contribution in [2.24, 2.45) is 0 Å². The van der Waals surface area contributed by atoms with Crippen molar-refractivity contribution in [3.05, 3.63) is 42.1 Å². The zero-order valence-corrected chi connectivity index (χ0v) is 20.2. The Bertz CT molecular complexity index is 1050. The van der Waals surface area contributed by atoms with E-state index in [1.54, 1.807) is 11.8 Å². The van der Waals surface area contributed by atoms with E-state index in [1.165, 1.54) is 0 Å². The summed E-state index contributed by atoms with van der Waals surface area (Å²) in [7, 11) is 0. The first-order valence-electron chi connectivity index (χ1n) is 11.7. The summed E-state index contributed by atoms with van der Waals surface area (Å²) in [5.74, 6) is 1.79. The lowest BCUT2D eigenvalue weighted by molar-refractivity contribution is -0.122. The summed E-state index contributed by atoms with van der Waals surface area (Å²) in [5, 5.41) is 9.39. The molecule has 1 aromatic carbocycles. The summed E-state index contributed by atoms with van der Waals surface area (Å²) in [6.07, 6.45) is 3.66. The highest BCUT2D eigenvalue weighted by Crippen LogP contribution is 2.28. The van der Waals surface area contributed by atoms with Crippen LogP contribution < -0.4 is 10.2 Å². The number of ether oxygens (including phenoxy) is 1. The lowest BCUT2D eigenvalue weighted by Crippen LogP contribution is -2.37. The summed E-state index contributed by atoms with van der Waals surface area (Å²) in [5.41, 5.74) is 1.86. The van der Waals surface area contributed by atoms with E-state index in [9.17, 15) is 4.79 Å². The van der Waals surface area contributed by atoms with Crippen LogP contribution in [-0.2, 0) is 16.1 Å². The van der Waals surface area contributed by atoms with Crippen LogP contribution in [0, 0.1) is 0 Å². The second-order valence-electron chi connectivity index (χ2n) is 8.05. The molecule has 1 aliphatic heterocycles. The highest BCUT2D eigenvalue weighted by molar-refractivity contribution is 7.99. The van der Waals surface area contributed by atoms with Crippen LogP contribution in [0.2, 0.25) is 0 Å². The van der Waals surface area contributed by atoms with E-state index < -0.39 is 0 Å². The minimum atomic E-state index is -0.145. The Morgan fingerprint density at radius 2 is 1.97 bits per heavy atom. The lowest BCUT2D eigenvalue weighted by Gasteiger charge is -2.28. The number of rotatable bonds is 10. The Labute approximate surface area is 199 Å². The van der Waals surface area contributed by atoms with Gasteiger partial charge in [-0.3, -0.25) is 4.79 Å². The molecule has 1 saturated heterocycles. The molecule has 33 heavy (non-hydrogen) atoms. The van der Waals surface area contributed by atoms with Gasteiger partial charge in [0, 0.05) is 25.4 Å². The standard InChI is InChI=1S/C24H32N6O2S/c1-3-16-33-24-27-21(29-12-14-32-15-13-29)20-17-26-30(22(20)28-24)11-10-25-23(31)19(4-2)18-8-6-5-7-9-18/h5-9,17,19H,3-4,10-16H2,1-2H3,(H,25,31). The van der Waals surface area contributed by atoms with Crippen molar-refractivity contribution in [1.29, 1.82) is 0 Å². The van der Waals surface area contributed by atoms with E-state index in [2.05, 4.69) is 22.2 Å². The van der Waals surface area contributed by atoms with Crippen molar-refractivity contribution < 1.29 is 9.53 Å². The van der Waals surface area contributed by atoms with Gasteiger partial charge in [-0.2, -0.15) is 5.10 Å². The molecule has 8 nitrogen and oxygen atoms in total. The zero-order chi connectivity index (χ0) is 23.0. The first-order chi connectivity index (χ1) is 16.2. The van der Waals surface area contributed by atoms with Crippen LogP contribution in [0.15, 0.2) is 41.7 Å². The van der Waals surface area contributed by atoms with Gasteiger partial charge < -0.3 is 15.0 Å². The number of anilines is 1. The van der Waals surface area contributed by atoms with Gasteiger partial charge in [0.05, 0.1) is 37.3 Å². The number of hydrogen-bond acceptors (Lipinski definition) is 7. The molecule has 3 aromatic rings. The minimum Gasteiger partial charge on any atom is -0.378 e. The molecule has 0 aliphatic carbocycles. The van der Waals surface area contributed by atoms with Crippen LogP contribution in [-0.4, -0.2) is 64.3 Å². The first-order valence-corrected chi connectivity index (χ1v) is 12.7. The smallest absolute Gasteiger partial charge is 0.227 e. The molecule has 0 saturated carbocycles. The molecule has 1 N–H and O–H groups in total. The van der Waals surface area contributed by atoms with E-state index in [0.717, 1.165) is 59.3 Å². The zero-order valence-electron chi connectivity index (χ0n) is 19.4. The summed E-state index contributed by atoms with van der Waals surface area (Å²) >= 11 is 1.67. The van der Waals surface area contributed by atoms with E-state index in [0.29, 0.717) is 26.3 Å². The molecule has 1 aliphatic rings. The quantitative estimate of drug-likeness (QED) is 0.360. The first kappa shape index (κ1) is 23.5. The third-order valence-corrected chi connectivity index (χ3v) is 6.80. The van der Waals surface area contributed by atoms with Crippen LogP contribution in [0.5, 0.6) is 0 Å². The van der Waals surface area contributed by atoms with Gasteiger partial charge in [0.25, 0.3) is 0 Å². The Balaban J connectivity index is 1.50. The topological polar surface area (TPSA) is 85.2 Å². The van der Waals surface area contributed by atoms with Crippen LogP contribution in [0.1, 0.15) is 38.2 Å². The fraction of sp³-hybridized carbons (Fsp3) is 0.500. The summed E-state index contributed by atoms with van der Waals surface area (Å²) in [4.78, 5) is 24.7. The maximum absolute atomic E-state index is 12.8. The Hall–Kier alpha value is -2.65. The Kier molecular flexibility index (Phi) is 8.17. The van der Waals surface area contributed by atoms with Gasteiger partial charge in [0.1, 0.15) is 5.82 Å². The van der Waals surface area contributed by atoms with Crippen molar-refractivity contribution in [2.75, 3.05) is 43.5 Å². The SMILES string of the molecule is CCCSc1nc(N2CCOCC2)c2cnn(CCNC(=O)C(CC)c3ccccc3)c2n1. The molecule has 3 heterocycles. The molecule has 0 bridgehead atoms. The number of nitrogens with one attached hydrogen (secondary N) is 1. The number of fused-ring (bicyclic) bond motifs is 1. The number of thioether (sulfide) groups is 1. The molecule has 1 unspecified atom stereocenters. The third-order valence-electron chi connectivity index (χ3n) is 5.75. The van der Waals surface area contributed by atoms with E-state index >= 15 is 0 Å². The Morgan fingerprint density at radius 1 is 1.18 bits per heavy atom. The average Bonchev–Trinajstić information content (AvgIpc) is 3.27. The average molecular weight is 469 g/mol. The fourth-order valence-corrected chi connectivity index (χ4v) is 4.71. The third kappa shape index (κ3) is 5.65. The highest BCUT2D eigenvalue weighted by atomic mass is 32.2. The maximum Gasteiger partial charge on any atom is 0.227 e. The van der Waals surface area contributed by atoms with Crippen molar-refractivity contribution in [3.8, 4) is 0 Å². The van der Waals surface area contributed by atoms with Gasteiger partial charge in [-0.05, 0) is 18.4 Å². The van der Waals surface area contributed by atoms with E-state index in [-0.39, 0.29) is 11.8 Å². The second kappa shape index (κ2) is 11.5. The van der Waals surface area contributed by atoms with Crippen LogP contribution in [0.25, 0.3) is 11.0 Å². The molecule has 2 aromatic heterocycles. The lowest BCUT2D eigenvalue weighted by atomic mass is 9.96. The predicted octanol–water partition coefficient (Wildman–Crippen LogP) is 3.48. The maximum atomic E-state index is 12.8. The number of hydrogen-bond donors (Lipinski definition) is 1. The second-order valence-corrected chi connectivity index (χ2v) is 9.11. The monoisotopic (exact) mass is 468 g/mol. The predicted molar refractivity (Wildman–Crippen MR) is 132 cm³/mol. The number of carbonyl (C=O) groups excluding carboxylic acids is 1. The number of benzene rings is 1. The molecule has 4 rings (SSSR count). The number of morpholine rings is 1. The molecule has 1 fully saturated rings. The summed E-state index contributed by atoms with van der Waals surface area (Å²) in [6, 6.07) is 9.93. The number of nitrogens with zero attached hydrogens (tertiary/aromatic N) is 5. The van der Waals surface area contributed by atoms with Crippen molar-refractivity contribution >= 4 is 34.5 Å². The normalized spacial score (nSPS) is 15.0. The van der Waals surface area contributed by atoms with Crippen molar-refractivity contribution in [3.63, 3.8) is 0 Å². The summed E-state index contributed by atoms with van der Waals surface area (Å²) in [6.45, 7) is 8.25. The largest absolute Gasteiger partial charge is 0.378 e. The van der Waals surface area contributed by atoms with Gasteiger partial charge in [-0.25, -0.2) is 14.6 Å². The molecular formula is C24H32N6O2S. The van der Waals surface area contributed by atoms with E-state index in [4.69, 9.17) is 14.7 Å². The van der Waals surface area contributed by atoms with Gasteiger partial charge >= 0.3 is 0 Å². The van der Waals surface area contributed by atoms with Gasteiger partial charge in [0.15, 0.2) is 10.8 Å². The number of carbonyl (C=O) groups is 1. The molecule has 1 amide bonds. The molecule has 176 valence electrons. The van der Waals surface area contributed by atoms with Gasteiger partial charge in [-0.15, -0.1) is 0 Å². The molecular weight excluding hydrogens is 436 g/mol. The summed E-state index contributed by atoms with van der Waals surface area (Å²) < 4.78 is 7.39. The van der Waals surface area contributed by atoms with Crippen LogP contribution in [0.4, 0.5) is 5.82 Å². The molecule has 9 heteroatoms. The van der Waals surface area contributed by atoms with Crippen LogP contribution >= 0.6 is 11.8 Å². The molecule has 0 radical (unpaired) electrons. The highest BCUT2D eigenvalue weighted by Gasteiger charge is 2.21. The van der Waals surface area contributed by atoms with E-state index in [1.807, 2.05) is 48.1 Å². The minimum absolute atomic E-state index is 0.0444. The number of aromatic nitrogens is 4. The number of amides is 1. The fourth-order valence-electron chi connectivity index (χ4n) is 4.02.